The largest absolute Gasteiger partial charge is 0.444 e. The van der Waals surface area contributed by atoms with Crippen LogP contribution in [0.4, 0.5) is 9.59 Å². The van der Waals surface area contributed by atoms with E-state index < -0.39 is 11.7 Å². The van der Waals surface area contributed by atoms with Crippen molar-refractivity contribution in [3.63, 3.8) is 0 Å². The molecule has 0 aliphatic carbocycles. The molecule has 120 valence electrons. The number of carbonyl (C=O) groups is 2. The van der Waals surface area contributed by atoms with Gasteiger partial charge in [0.2, 0.25) is 0 Å². The number of rotatable bonds is 1. The highest BCUT2D eigenvalue weighted by molar-refractivity contribution is 8.13. The molecule has 0 atom stereocenters. The molecule has 2 amide bonds. The number of amidine groups is 1. The van der Waals surface area contributed by atoms with Crippen molar-refractivity contribution in [2.24, 2.45) is 10.7 Å². The Kier molecular flexibility index (Phi) is 6.32. The predicted molar refractivity (Wildman–Crippen MR) is 82.4 cm³/mol. The van der Waals surface area contributed by atoms with Crippen LogP contribution < -0.4 is 5.73 Å². The zero-order valence-electron chi connectivity index (χ0n) is 12.9. The molecule has 1 fully saturated rings. The van der Waals surface area contributed by atoms with Gasteiger partial charge in [-0.2, -0.15) is 4.99 Å². The number of amides is 2. The minimum atomic E-state index is -0.683. The first-order valence-corrected chi connectivity index (χ1v) is 8.00. The van der Waals surface area contributed by atoms with E-state index in [0.717, 1.165) is 0 Å². The minimum Gasteiger partial charge on any atom is -0.444 e. The first kappa shape index (κ1) is 17.6. The molecule has 1 aliphatic rings. The maximum absolute atomic E-state index is 11.9. The van der Waals surface area contributed by atoms with Crippen LogP contribution in [0.15, 0.2) is 4.99 Å². The van der Waals surface area contributed by atoms with Crippen LogP contribution in [0.3, 0.4) is 0 Å². The smallest absolute Gasteiger partial charge is 0.436 e. The summed E-state index contributed by atoms with van der Waals surface area (Å²) in [7, 11) is 0. The topological polar surface area (TPSA) is 94.2 Å². The number of ether oxygens (including phenoxy) is 2. The van der Waals surface area contributed by atoms with Gasteiger partial charge in [-0.15, -0.1) is 0 Å². The lowest BCUT2D eigenvalue weighted by molar-refractivity contribution is 0.00755. The van der Waals surface area contributed by atoms with Crippen molar-refractivity contribution in [3.8, 4) is 0 Å². The quantitative estimate of drug-likeness (QED) is 0.588. The Morgan fingerprint density at radius 3 is 2.33 bits per heavy atom. The van der Waals surface area contributed by atoms with E-state index >= 15 is 0 Å². The number of thioether (sulfide) groups is 1. The first-order chi connectivity index (χ1) is 9.71. The van der Waals surface area contributed by atoms with Crippen LogP contribution >= 0.6 is 11.8 Å². The van der Waals surface area contributed by atoms with Crippen LogP contribution in [-0.2, 0) is 9.47 Å². The number of nitrogens with two attached hydrogens (primary N) is 1. The first-order valence-electron chi connectivity index (χ1n) is 6.78. The van der Waals surface area contributed by atoms with Crippen molar-refractivity contribution in [1.29, 1.82) is 0 Å². The molecular weight excluding hydrogens is 294 g/mol. The van der Waals surface area contributed by atoms with Gasteiger partial charge in [-0.3, -0.25) is 0 Å². The number of piperidine rings is 1. The summed E-state index contributed by atoms with van der Waals surface area (Å²) in [5, 5.41) is 0.172. The zero-order chi connectivity index (χ0) is 16.0. The number of aliphatic imine (C=N–C) groups is 1. The van der Waals surface area contributed by atoms with Gasteiger partial charge >= 0.3 is 12.2 Å². The third-order valence-electron chi connectivity index (χ3n) is 2.77. The number of likely N-dealkylation sites (tertiary alicyclic amines) is 1. The number of nitrogens with zero attached hydrogens (tertiary/aromatic N) is 2. The van der Waals surface area contributed by atoms with Gasteiger partial charge < -0.3 is 20.1 Å². The normalized spacial score (nSPS) is 17.5. The van der Waals surface area contributed by atoms with Gasteiger partial charge in [0, 0.05) is 25.9 Å². The van der Waals surface area contributed by atoms with Gasteiger partial charge in [0.1, 0.15) is 11.7 Å². The Hall–Kier alpha value is -1.44. The third kappa shape index (κ3) is 6.70. The van der Waals surface area contributed by atoms with Crippen molar-refractivity contribution >= 4 is 29.1 Å². The molecule has 1 aliphatic heterocycles. The van der Waals surface area contributed by atoms with E-state index in [1.165, 1.54) is 11.8 Å². The predicted octanol–water partition coefficient (Wildman–Crippen LogP) is 2.20. The Morgan fingerprint density at radius 2 is 1.86 bits per heavy atom. The van der Waals surface area contributed by atoms with Crippen molar-refractivity contribution < 1.29 is 19.1 Å². The summed E-state index contributed by atoms with van der Waals surface area (Å²) in [6.07, 6.45) is 1.61. The molecule has 7 nitrogen and oxygen atoms in total. The second kappa shape index (κ2) is 7.53. The summed E-state index contributed by atoms with van der Waals surface area (Å²) >= 11 is 1.18. The van der Waals surface area contributed by atoms with E-state index in [-0.39, 0.29) is 17.4 Å². The van der Waals surface area contributed by atoms with Gasteiger partial charge in [0.05, 0.1) is 0 Å². The van der Waals surface area contributed by atoms with E-state index in [0.29, 0.717) is 25.9 Å². The van der Waals surface area contributed by atoms with Crippen LogP contribution in [0.1, 0.15) is 33.6 Å². The molecule has 0 aromatic carbocycles. The van der Waals surface area contributed by atoms with E-state index in [4.69, 9.17) is 15.2 Å². The summed E-state index contributed by atoms with van der Waals surface area (Å²) in [6.45, 7) is 6.47. The van der Waals surface area contributed by atoms with Crippen LogP contribution in [0, 0.1) is 0 Å². The molecule has 0 saturated carbocycles. The second-order valence-electron chi connectivity index (χ2n) is 5.70. The molecule has 0 aromatic rings. The van der Waals surface area contributed by atoms with Crippen LogP contribution in [0.25, 0.3) is 0 Å². The summed E-state index contributed by atoms with van der Waals surface area (Å²) in [5.74, 6) is 0. The second-order valence-corrected chi connectivity index (χ2v) is 6.53. The molecule has 1 rings (SSSR count). The molecule has 2 N–H and O–H groups in total. The number of hydrogen-bond donors (Lipinski definition) is 1. The Labute approximate surface area is 129 Å². The molecule has 0 spiro atoms. The van der Waals surface area contributed by atoms with E-state index in [2.05, 4.69) is 4.99 Å². The standard InChI is InChI=1S/C13H23N3O4S/c1-13(2,3)20-12(18)16-7-5-9(6-8-16)19-11(17)15-10(14)21-4/h9H,5-8H2,1-4H3,(H2,14,15,17). The summed E-state index contributed by atoms with van der Waals surface area (Å²) in [6, 6.07) is 0. The van der Waals surface area contributed by atoms with Crippen LogP contribution in [0.2, 0.25) is 0 Å². The summed E-state index contributed by atoms with van der Waals surface area (Å²) < 4.78 is 10.5. The molecule has 1 heterocycles. The van der Waals surface area contributed by atoms with Gasteiger partial charge in [-0.25, -0.2) is 9.59 Å². The Bertz CT molecular complexity index is 412. The number of carbonyl (C=O) groups excluding carboxylic acids is 2. The maximum Gasteiger partial charge on any atom is 0.436 e. The van der Waals surface area contributed by atoms with Crippen molar-refractivity contribution in [1.82, 2.24) is 4.90 Å². The fraction of sp³-hybridized carbons (Fsp3) is 0.769. The number of hydrogen-bond acceptors (Lipinski definition) is 5. The molecule has 8 heteroatoms. The SMILES string of the molecule is CSC(N)=NC(=O)OC1CCN(C(=O)OC(C)(C)C)CC1. The van der Waals surface area contributed by atoms with Crippen LogP contribution in [0.5, 0.6) is 0 Å². The van der Waals surface area contributed by atoms with E-state index in [1.54, 1.807) is 11.2 Å². The van der Waals surface area contributed by atoms with Crippen molar-refractivity contribution in [2.45, 2.75) is 45.3 Å². The molecule has 0 aromatic heterocycles. The van der Waals surface area contributed by atoms with Crippen molar-refractivity contribution in [2.75, 3.05) is 19.3 Å². The average Bonchev–Trinajstić information content (AvgIpc) is 2.37. The molecular formula is C13H23N3O4S. The van der Waals surface area contributed by atoms with Gasteiger partial charge in [-0.1, -0.05) is 11.8 Å². The third-order valence-corrected chi connectivity index (χ3v) is 3.28. The monoisotopic (exact) mass is 317 g/mol. The maximum atomic E-state index is 11.9. The lowest BCUT2D eigenvalue weighted by Crippen LogP contribution is -2.43. The summed E-state index contributed by atoms with van der Waals surface area (Å²) in [5.41, 5.74) is 4.93. The molecule has 1 saturated heterocycles. The minimum absolute atomic E-state index is 0.172. The van der Waals surface area contributed by atoms with Gasteiger partial charge in [0.15, 0.2) is 5.17 Å². The molecule has 0 unspecified atom stereocenters. The highest BCUT2D eigenvalue weighted by Gasteiger charge is 2.28. The van der Waals surface area contributed by atoms with Crippen LogP contribution in [-0.4, -0.2) is 53.3 Å². The van der Waals surface area contributed by atoms with Gasteiger partial charge in [0.25, 0.3) is 0 Å². The Balaban J connectivity index is 2.39. The van der Waals surface area contributed by atoms with Gasteiger partial charge in [-0.05, 0) is 27.0 Å². The average molecular weight is 317 g/mol. The molecule has 21 heavy (non-hydrogen) atoms. The highest BCUT2D eigenvalue weighted by Crippen LogP contribution is 2.17. The lowest BCUT2D eigenvalue weighted by atomic mass is 10.1. The molecule has 0 bridgehead atoms. The zero-order valence-corrected chi connectivity index (χ0v) is 13.7. The highest BCUT2D eigenvalue weighted by atomic mass is 32.2. The fourth-order valence-corrected chi connectivity index (χ4v) is 1.95. The van der Waals surface area contributed by atoms with E-state index in [9.17, 15) is 9.59 Å². The molecule has 0 radical (unpaired) electrons. The Morgan fingerprint density at radius 1 is 1.29 bits per heavy atom. The fourth-order valence-electron chi connectivity index (χ4n) is 1.79. The summed E-state index contributed by atoms with van der Waals surface area (Å²) in [4.78, 5) is 28.6. The van der Waals surface area contributed by atoms with Crippen molar-refractivity contribution in [3.05, 3.63) is 0 Å². The van der Waals surface area contributed by atoms with E-state index in [1.807, 2.05) is 20.8 Å². The lowest BCUT2D eigenvalue weighted by Gasteiger charge is -2.32.